The van der Waals surface area contributed by atoms with Crippen molar-refractivity contribution in [3.8, 4) is 6.01 Å². The molecule has 1 aromatic heterocycles. The molecule has 0 atom stereocenters. The summed E-state index contributed by atoms with van der Waals surface area (Å²) in [6.45, 7) is 0.221. The Morgan fingerprint density at radius 3 is 2.64 bits per heavy atom. The fourth-order valence-corrected chi connectivity index (χ4v) is 0.654. The first-order valence-corrected chi connectivity index (χ1v) is 3.67. The Balaban J connectivity index is 2.65. The zero-order valence-electron chi connectivity index (χ0n) is 7.30. The van der Waals surface area contributed by atoms with E-state index in [0.29, 0.717) is 5.56 Å². The van der Waals surface area contributed by atoms with Crippen molar-refractivity contribution in [1.82, 2.24) is 9.97 Å². The van der Waals surface area contributed by atoms with Crippen molar-refractivity contribution >= 4 is 5.82 Å². The Kier molecular flexibility index (Phi) is 2.78. The van der Waals surface area contributed by atoms with Crippen LogP contribution in [0.15, 0.2) is 6.20 Å². The largest absolute Gasteiger partial charge is 0.454 e. The summed E-state index contributed by atoms with van der Waals surface area (Å²) in [5, 5.41) is 0. The molecule has 0 aliphatic carbocycles. The Morgan fingerprint density at radius 2 is 2.14 bits per heavy atom. The van der Waals surface area contributed by atoms with Gasteiger partial charge in [-0.25, -0.2) is 4.98 Å². The lowest BCUT2D eigenvalue weighted by Gasteiger charge is -2.07. The average Bonchev–Trinajstić information content (AvgIpc) is 2.06. The second-order valence-electron chi connectivity index (χ2n) is 2.62. The van der Waals surface area contributed by atoms with E-state index in [1.54, 1.807) is 6.92 Å². The number of hydrogen-bond donors (Lipinski definition) is 1. The lowest BCUT2D eigenvalue weighted by atomic mass is 10.4. The van der Waals surface area contributed by atoms with Gasteiger partial charge in [0.2, 0.25) is 0 Å². The van der Waals surface area contributed by atoms with Gasteiger partial charge in [0.25, 0.3) is 0 Å². The molecular weight excluding hydrogens is 199 g/mol. The van der Waals surface area contributed by atoms with Crippen LogP contribution in [0.25, 0.3) is 0 Å². The third kappa shape index (κ3) is 3.08. The first kappa shape index (κ1) is 10.6. The number of rotatable bonds is 2. The van der Waals surface area contributed by atoms with Gasteiger partial charge in [-0.05, 0) is 6.92 Å². The number of hydrogen-bond acceptors (Lipinski definition) is 4. The molecule has 0 saturated heterocycles. The molecule has 0 amide bonds. The SMILES string of the molecule is Cc1cnc(OCC(F)(F)F)nc1N. The number of halogens is 3. The molecule has 2 N–H and O–H groups in total. The highest BCUT2D eigenvalue weighted by Gasteiger charge is 2.28. The molecule has 7 heteroatoms. The van der Waals surface area contributed by atoms with Crippen LogP contribution in [0.3, 0.4) is 0 Å². The van der Waals surface area contributed by atoms with Crippen LogP contribution in [0.2, 0.25) is 0 Å². The summed E-state index contributed by atoms with van der Waals surface area (Å²) >= 11 is 0. The molecule has 4 nitrogen and oxygen atoms in total. The quantitative estimate of drug-likeness (QED) is 0.794. The highest BCUT2D eigenvalue weighted by atomic mass is 19.4. The van der Waals surface area contributed by atoms with E-state index in [1.807, 2.05) is 0 Å². The molecule has 1 aromatic rings. The first-order chi connectivity index (χ1) is 6.38. The second-order valence-corrected chi connectivity index (χ2v) is 2.62. The number of aromatic nitrogens is 2. The monoisotopic (exact) mass is 207 g/mol. The standard InChI is InChI=1S/C7H8F3N3O/c1-4-2-12-6(13-5(4)11)14-3-7(8,9)10/h2H,3H2,1H3,(H2,11,12,13). The van der Waals surface area contributed by atoms with Crippen molar-refractivity contribution in [1.29, 1.82) is 0 Å². The van der Waals surface area contributed by atoms with Crippen molar-refractivity contribution in [2.75, 3.05) is 12.3 Å². The summed E-state index contributed by atoms with van der Waals surface area (Å²) < 4.78 is 39.4. The Morgan fingerprint density at radius 1 is 1.50 bits per heavy atom. The van der Waals surface area contributed by atoms with E-state index in [0.717, 1.165) is 0 Å². The maximum absolute atomic E-state index is 11.7. The van der Waals surface area contributed by atoms with E-state index in [1.165, 1.54) is 6.20 Å². The van der Waals surface area contributed by atoms with Crippen LogP contribution in [0.5, 0.6) is 6.01 Å². The van der Waals surface area contributed by atoms with Gasteiger partial charge in [-0.3, -0.25) is 0 Å². The molecule has 0 aliphatic heterocycles. The Hall–Kier alpha value is -1.53. The van der Waals surface area contributed by atoms with E-state index in [9.17, 15) is 13.2 Å². The van der Waals surface area contributed by atoms with Gasteiger partial charge < -0.3 is 10.5 Å². The minimum Gasteiger partial charge on any atom is -0.454 e. The van der Waals surface area contributed by atoms with Crippen LogP contribution in [0.4, 0.5) is 19.0 Å². The van der Waals surface area contributed by atoms with E-state index in [-0.39, 0.29) is 11.8 Å². The lowest BCUT2D eigenvalue weighted by Crippen LogP contribution is -2.20. The van der Waals surface area contributed by atoms with Crippen LogP contribution in [-0.4, -0.2) is 22.8 Å². The predicted molar refractivity (Wildman–Crippen MR) is 42.7 cm³/mol. The highest BCUT2D eigenvalue weighted by molar-refractivity contribution is 5.36. The summed E-state index contributed by atoms with van der Waals surface area (Å²) in [4.78, 5) is 7.05. The van der Waals surface area contributed by atoms with Gasteiger partial charge in [-0.2, -0.15) is 18.2 Å². The summed E-state index contributed by atoms with van der Waals surface area (Å²) in [5.41, 5.74) is 5.93. The number of alkyl halides is 3. The van der Waals surface area contributed by atoms with Gasteiger partial charge >= 0.3 is 12.2 Å². The number of aryl methyl sites for hydroxylation is 1. The molecule has 0 radical (unpaired) electrons. The van der Waals surface area contributed by atoms with Crippen LogP contribution < -0.4 is 10.5 Å². The Labute approximate surface area is 77.9 Å². The number of nitrogen functional groups attached to an aromatic ring is 1. The molecule has 0 bridgehead atoms. The second kappa shape index (κ2) is 3.69. The van der Waals surface area contributed by atoms with Gasteiger partial charge in [0, 0.05) is 11.8 Å². The Bertz CT molecular complexity index is 326. The minimum atomic E-state index is -4.40. The maximum atomic E-state index is 11.7. The number of nitrogens with zero attached hydrogens (tertiary/aromatic N) is 2. The smallest absolute Gasteiger partial charge is 0.422 e. The summed E-state index contributed by atoms with van der Waals surface area (Å²) in [6.07, 6.45) is -3.10. The first-order valence-electron chi connectivity index (χ1n) is 3.67. The zero-order chi connectivity index (χ0) is 10.8. The molecule has 0 saturated carbocycles. The summed E-state index contributed by atoms with van der Waals surface area (Å²) in [6, 6.07) is -0.370. The molecule has 78 valence electrons. The van der Waals surface area contributed by atoms with Crippen molar-refractivity contribution in [3.05, 3.63) is 11.8 Å². The van der Waals surface area contributed by atoms with E-state index >= 15 is 0 Å². The van der Waals surface area contributed by atoms with Crippen molar-refractivity contribution in [2.45, 2.75) is 13.1 Å². The third-order valence-electron chi connectivity index (χ3n) is 1.35. The molecule has 0 spiro atoms. The minimum absolute atomic E-state index is 0.108. The fourth-order valence-electron chi connectivity index (χ4n) is 0.654. The van der Waals surface area contributed by atoms with Gasteiger partial charge in [-0.1, -0.05) is 0 Å². The highest BCUT2D eigenvalue weighted by Crippen LogP contribution is 2.16. The number of ether oxygens (including phenoxy) is 1. The zero-order valence-corrected chi connectivity index (χ0v) is 7.30. The van der Waals surface area contributed by atoms with Crippen LogP contribution in [0.1, 0.15) is 5.56 Å². The lowest BCUT2D eigenvalue weighted by molar-refractivity contribution is -0.154. The number of anilines is 1. The van der Waals surface area contributed by atoms with Crippen LogP contribution >= 0.6 is 0 Å². The maximum Gasteiger partial charge on any atom is 0.422 e. The van der Waals surface area contributed by atoms with Gasteiger partial charge in [0.15, 0.2) is 6.61 Å². The van der Waals surface area contributed by atoms with Crippen molar-refractivity contribution < 1.29 is 17.9 Å². The molecule has 0 aromatic carbocycles. The number of nitrogens with two attached hydrogens (primary N) is 1. The molecule has 0 fully saturated rings. The summed E-state index contributed by atoms with van der Waals surface area (Å²) in [7, 11) is 0. The van der Waals surface area contributed by atoms with Gasteiger partial charge in [-0.15, -0.1) is 0 Å². The van der Waals surface area contributed by atoms with Crippen molar-refractivity contribution in [2.24, 2.45) is 0 Å². The molecule has 1 rings (SSSR count). The molecule has 0 aliphatic rings. The van der Waals surface area contributed by atoms with E-state index < -0.39 is 12.8 Å². The average molecular weight is 207 g/mol. The normalized spacial score (nSPS) is 11.4. The molecule has 1 heterocycles. The van der Waals surface area contributed by atoms with Crippen LogP contribution in [-0.2, 0) is 0 Å². The predicted octanol–water partition coefficient (Wildman–Crippen LogP) is 1.31. The van der Waals surface area contributed by atoms with Gasteiger partial charge in [0.05, 0.1) is 0 Å². The van der Waals surface area contributed by atoms with Gasteiger partial charge in [0.1, 0.15) is 5.82 Å². The molecule has 0 unspecified atom stereocenters. The molecule has 14 heavy (non-hydrogen) atoms. The fraction of sp³-hybridized carbons (Fsp3) is 0.429. The van der Waals surface area contributed by atoms with E-state index in [2.05, 4.69) is 14.7 Å². The topological polar surface area (TPSA) is 61.0 Å². The van der Waals surface area contributed by atoms with Crippen molar-refractivity contribution in [3.63, 3.8) is 0 Å². The van der Waals surface area contributed by atoms with E-state index in [4.69, 9.17) is 5.73 Å². The molecular formula is C7H8F3N3O. The summed E-state index contributed by atoms with van der Waals surface area (Å²) in [5.74, 6) is 0.108. The van der Waals surface area contributed by atoms with Crippen LogP contribution in [0, 0.1) is 6.92 Å². The third-order valence-corrected chi connectivity index (χ3v) is 1.35.